The van der Waals surface area contributed by atoms with Crippen LogP contribution < -0.4 is 11.1 Å². The van der Waals surface area contributed by atoms with Crippen molar-refractivity contribution in [1.29, 1.82) is 0 Å². The highest BCUT2D eigenvalue weighted by Gasteiger charge is 2.18. The van der Waals surface area contributed by atoms with Crippen molar-refractivity contribution in [3.05, 3.63) is 33.6 Å². The number of nitrogens with one attached hydrogen (secondary N) is 1. The van der Waals surface area contributed by atoms with Crippen LogP contribution in [0.5, 0.6) is 0 Å². The van der Waals surface area contributed by atoms with Crippen molar-refractivity contribution in [3.63, 3.8) is 0 Å². The summed E-state index contributed by atoms with van der Waals surface area (Å²) in [5.74, 6) is -0.789. The zero-order valence-corrected chi connectivity index (χ0v) is 12.0. The molecule has 0 aliphatic heterocycles. The molecule has 0 heterocycles. The van der Waals surface area contributed by atoms with Gasteiger partial charge in [-0.1, -0.05) is 23.2 Å². The molecule has 0 spiro atoms. The highest BCUT2D eigenvalue weighted by Crippen LogP contribution is 2.32. The monoisotopic (exact) mass is 314 g/mol. The minimum Gasteiger partial charge on any atom is -0.349 e. The molecule has 3 nitrogen and oxygen atoms in total. The fourth-order valence-electron chi connectivity index (χ4n) is 1.46. The Kier molecular flexibility index (Phi) is 7.55. The molecule has 102 valence electrons. The normalized spacial score (nSPS) is 11.6. The van der Waals surface area contributed by atoms with E-state index < -0.39 is 11.9 Å². The van der Waals surface area contributed by atoms with Crippen LogP contribution >= 0.6 is 35.6 Å². The maximum atomic E-state index is 13.3. The molecule has 0 bridgehead atoms. The van der Waals surface area contributed by atoms with E-state index >= 15 is 0 Å². The topological polar surface area (TPSA) is 55.1 Å². The smallest absolute Gasteiger partial charge is 0.221 e. The second-order valence-corrected chi connectivity index (χ2v) is 4.37. The summed E-state index contributed by atoms with van der Waals surface area (Å²) >= 11 is 11.7. The Balaban J connectivity index is 0.00000289. The Morgan fingerprint density at radius 3 is 2.67 bits per heavy atom. The minimum absolute atomic E-state index is 0. The molecule has 1 amide bonds. The lowest BCUT2D eigenvalue weighted by Gasteiger charge is -2.17. The van der Waals surface area contributed by atoms with Gasteiger partial charge in [0.1, 0.15) is 5.82 Å². The lowest BCUT2D eigenvalue weighted by atomic mass is 10.1. The molecule has 0 radical (unpaired) electrons. The zero-order valence-electron chi connectivity index (χ0n) is 9.67. The fraction of sp³-hybridized carbons (Fsp3) is 0.364. The van der Waals surface area contributed by atoms with Crippen LogP contribution in [0.3, 0.4) is 0 Å². The number of hydrogen-bond donors (Lipinski definition) is 2. The van der Waals surface area contributed by atoms with E-state index in [1.807, 2.05) is 0 Å². The van der Waals surface area contributed by atoms with Crippen molar-refractivity contribution in [2.24, 2.45) is 5.73 Å². The summed E-state index contributed by atoms with van der Waals surface area (Å²) in [7, 11) is 0. The van der Waals surface area contributed by atoms with Crippen LogP contribution in [0.15, 0.2) is 12.1 Å². The lowest BCUT2D eigenvalue weighted by Crippen LogP contribution is -2.28. The third kappa shape index (κ3) is 4.28. The van der Waals surface area contributed by atoms with E-state index in [-0.39, 0.29) is 36.3 Å². The number of carbonyl (C=O) groups excluding carboxylic acids is 1. The molecule has 0 saturated carbocycles. The maximum absolute atomic E-state index is 13.3. The van der Waals surface area contributed by atoms with Gasteiger partial charge in [-0.15, -0.1) is 12.4 Å². The first-order chi connectivity index (χ1) is 7.97. The molecule has 1 aromatic rings. The van der Waals surface area contributed by atoms with Crippen LogP contribution in [0.4, 0.5) is 4.39 Å². The van der Waals surface area contributed by atoms with Gasteiger partial charge in [-0.05, 0) is 19.1 Å². The van der Waals surface area contributed by atoms with Gasteiger partial charge in [-0.2, -0.15) is 0 Å². The molecule has 1 unspecified atom stereocenters. The second-order valence-electron chi connectivity index (χ2n) is 3.58. The Bertz CT molecular complexity index is 429. The van der Waals surface area contributed by atoms with E-state index in [1.54, 1.807) is 6.92 Å². The number of rotatable bonds is 4. The Hall–Kier alpha value is -0.550. The highest BCUT2D eigenvalue weighted by atomic mass is 35.5. The van der Waals surface area contributed by atoms with E-state index in [4.69, 9.17) is 28.9 Å². The van der Waals surface area contributed by atoms with Gasteiger partial charge in [0.25, 0.3) is 0 Å². The fourth-order valence-corrected chi connectivity index (χ4v) is 2.15. The number of nitrogens with two attached hydrogens (primary N) is 1. The predicted molar refractivity (Wildman–Crippen MR) is 73.9 cm³/mol. The van der Waals surface area contributed by atoms with Crippen LogP contribution in [-0.4, -0.2) is 12.5 Å². The Morgan fingerprint density at radius 1 is 1.50 bits per heavy atom. The van der Waals surface area contributed by atoms with Crippen LogP contribution in [0.1, 0.15) is 24.9 Å². The standard InChI is InChI=1S/C11H13Cl2FN2O.ClH/c1-6(16-9(17)4-5-15)10-7(12)2-3-8(14)11(10)13;/h2-3,6H,4-5,15H2,1H3,(H,16,17);1H. The quantitative estimate of drug-likeness (QED) is 0.839. The first-order valence-corrected chi connectivity index (χ1v) is 5.85. The molecule has 18 heavy (non-hydrogen) atoms. The third-order valence-electron chi connectivity index (χ3n) is 2.26. The first-order valence-electron chi connectivity index (χ1n) is 5.10. The van der Waals surface area contributed by atoms with Crippen molar-refractivity contribution < 1.29 is 9.18 Å². The average molecular weight is 316 g/mol. The summed E-state index contributed by atoms with van der Waals surface area (Å²) in [4.78, 5) is 11.4. The van der Waals surface area contributed by atoms with E-state index in [1.165, 1.54) is 12.1 Å². The Morgan fingerprint density at radius 2 is 2.11 bits per heavy atom. The summed E-state index contributed by atoms with van der Waals surface area (Å²) < 4.78 is 13.3. The molecule has 1 atom stereocenters. The van der Waals surface area contributed by atoms with Gasteiger partial charge >= 0.3 is 0 Å². The van der Waals surface area contributed by atoms with Crippen molar-refractivity contribution in [2.45, 2.75) is 19.4 Å². The summed E-state index contributed by atoms with van der Waals surface area (Å²) in [6.07, 6.45) is 0.203. The molecule has 0 aliphatic carbocycles. The third-order valence-corrected chi connectivity index (χ3v) is 2.98. The van der Waals surface area contributed by atoms with Crippen LogP contribution in [-0.2, 0) is 4.79 Å². The van der Waals surface area contributed by atoms with Crippen LogP contribution in [0.2, 0.25) is 10.0 Å². The summed E-state index contributed by atoms with van der Waals surface area (Å²) in [6.45, 7) is 1.93. The second kappa shape index (κ2) is 7.79. The van der Waals surface area contributed by atoms with Crippen LogP contribution in [0, 0.1) is 5.82 Å². The van der Waals surface area contributed by atoms with E-state index in [2.05, 4.69) is 5.32 Å². The molecule has 0 aliphatic rings. The zero-order chi connectivity index (χ0) is 13.0. The number of halogens is 4. The van der Waals surface area contributed by atoms with Crippen molar-refractivity contribution in [3.8, 4) is 0 Å². The van der Waals surface area contributed by atoms with Gasteiger partial charge in [-0.25, -0.2) is 4.39 Å². The molecule has 1 aromatic carbocycles. The Labute approximate surface area is 121 Å². The summed E-state index contributed by atoms with van der Waals surface area (Å²) in [6, 6.07) is 2.12. The first kappa shape index (κ1) is 17.4. The molecule has 0 fully saturated rings. The van der Waals surface area contributed by atoms with Crippen LogP contribution in [0.25, 0.3) is 0 Å². The van der Waals surface area contributed by atoms with Gasteiger partial charge in [0.15, 0.2) is 0 Å². The lowest BCUT2D eigenvalue weighted by molar-refractivity contribution is -0.121. The number of hydrogen-bond acceptors (Lipinski definition) is 2. The molecule has 3 N–H and O–H groups in total. The summed E-state index contributed by atoms with van der Waals surface area (Å²) in [5, 5.41) is 2.90. The molecule has 1 rings (SSSR count). The highest BCUT2D eigenvalue weighted by molar-refractivity contribution is 6.36. The van der Waals surface area contributed by atoms with Crippen molar-refractivity contribution >= 4 is 41.5 Å². The average Bonchev–Trinajstić information content (AvgIpc) is 2.24. The number of carbonyl (C=O) groups is 1. The number of benzene rings is 1. The minimum atomic E-state index is -0.564. The molecule has 0 saturated heterocycles. The van der Waals surface area contributed by atoms with Crippen molar-refractivity contribution in [1.82, 2.24) is 5.32 Å². The van der Waals surface area contributed by atoms with Gasteiger partial charge in [0, 0.05) is 23.6 Å². The van der Waals surface area contributed by atoms with E-state index in [9.17, 15) is 9.18 Å². The molecular formula is C11H14Cl3FN2O. The van der Waals surface area contributed by atoms with Gasteiger partial charge in [0.2, 0.25) is 5.91 Å². The number of amides is 1. The van der Waals surface area contributed by atoms with Gasteiger partial charge in [0.05, 0.1) is 11.1 Å². The largest absolute Gasteiger partial charge is 0.349 e. The predicted octanol–water partition coefficient (Wildman–Crippen LogP) is 3.08. The molecule has 0 aromatic heterocycles. The molecule has 7 heteroatoms. The SMILES string of the molecule is CC(NC(=O)CCN)c1c(Cl)ccc(F)c1Cl.Cl. The molecular weight excluding hydrogens is 301 g/mol. The van der Waals surface area contributed by atoms with E-state index in [0.717, 1.165) is 0 Å². The van der Waals surface area contributed by atoms with E-state index in [0.29, 0.717) is 10.6 Å². The van der Waals surface area contributed by atoms with Gasteiger partial charge in [-0.3, -0.25) is 4.79 Å². The van der Waals surface area contributed by atoms with Crippen molar-refractivity contribution in [2.75, 3.05) is 6.54 Å². The summed E-state index contributed by atoms with van der Waals surface area (Å²) in [5.41, 5.74) is 5.63. The van der Waals surface area contributed by atoms with Gasteiger partial charge < -0.3 is 11.1 Å². The maximum Gasteiger partial charge on any atom is 0.221 e.